The molecule has 0 heterocycles. The molecule has 0 radical (unpaired) electrons. The van der Waals surface area contributed by atoms with E-state index in [0.717, 1.165) is 12.1 Å². The van der Waals surface area contributed by atoms with Crippen molar-refractivity contribution in [2.45, 2.75) is 6.92 Å². The first kappa shape index (κ1) is 13.0. The number of nitrogens with zero attached hydrogens (tertiary/aromatic N) is 1. The lowest BCUT2D eigenvalue weighted by molar-refractivity contribution is 0.464. The summed E-state index contributed by atoms with van der Waals surface area (Å²) in [6.07, 6.45) is 0. The third-order valence-corrected chi connectivity index (χ3v) is 1.68. The van der Waals surface area contributed by atoms with Crippen LogP contribution in [0.5, 0.6) is 0 Å². The molecule has 0 bridgehead atoms. The molecule has 1 aromatic carbocycles. The molecule has 0 spiro atoms. The molecule has 1 aromatic rings. The van der Waals surface area contributed by atoms with Crippen LogP contribution in [0.3, 0.4) is 0 Å². The lowest BCUT2D eigenvalue weighted by Gasteiger charge is -2.00. The van der Waals surface area contributed by atoms with Gasteiger partial charge in [-0.05, 0) is 33.2 Å². The SMILES string of the molecule is Cc1ccc(C#CCN(C)C)cc1.Cl. The molecule has 1 rings (SSSR count). The Kier molecular flexibility index (Phi) is 6.03. The van der Waals surface area contributed by atoms with Gasteiger partial charge in [0.2, 0.25) is 0 Å². The van der Waals surface area contributed by atoms with Crippen LogP contribution in [-0.2, 0) is 0 Å². The number of aryl methyl sites for hydroxylation is 1. The Morgan fingerprint density at radius 3 is 2.21 bits per heavy atom. The molecule has 0 saturated heterocycles. The molecule has 1 nitrogen and oxygen atoms in total. The molecule has 0 aliphatic carbocycles. The van der Waals surface area contributed by atoms with Gasteiger partial charge in [-0.2, -0.15) is 0 Å². The predicted molar refractivity (Wildman–Crippen MR) is 63.9 cm³/mol. The number of hydrogen-bond acceptors (Lipinski definition) is 1. The van der Waals surface area contributed by atoms with Gasteiger partial charge in [0.05, 0.1) is 6.54 Å². The summed E-state index contributed by atoms with van der Waals surface area (Å²) < 4.78 is 0. The summed E-state index contributed by atoms with van der Waals surface area (Å²) in [5.41, 5.74) is 2.37. The van der Waals surface area contributed by atoms with E-state index in [2.05, 4.69) is 47.9 Å². The van der Waals surface area contributed by atoms with Gasteiger partial charge in [-0.15, -0.1) is 12.4 Å². The van der Waals surface area contributed by atoms with Gasteiger partial charge in [-0.1, -0.05) is 29.5 Å². The predicted octanol–water partition coefficient (Wildman–Crippen LogP) is 2.33. The maximum Gasteiger partial charge on any atom is 0.0600 e. The van der Waals surface area contributed by atoms with E-state index in [-0.39, 0.29) is 12.4 Å². The minimum atomic E-state index is 0. The van der Waals surface area contributed by atoms with Crippen molar-refractivity contribution in [2.75, 3.05) is 20.6 Å². The maximum atomic E-state index is 3.11. The first-order valence-electron chi connectivity index (χ1n) is 4.39. The van der Waals surface area contributed by atoms with Gasteiger partial charge in [0.25, 0.3) is 0 Å². The molecule has 0 saturated carbocycles. The average molecular weight is 210 g/mol. The molecule has 14 heavy (non-hydrogen) atoms. The third-order valence-electron chi connectivity index (χ3n) is 1.68. The van der Waals surface area contributed by atoms with Crippen LogP contribution in [0.1, 0.15) is 11.1 Å². The third kappa shape index (κ3) is 4.91. The summed E-state index contributed by atoms with van der Waals surface area (Å²) >= 11 is 0. The van der Waals surface area contributed by atoms with Crippen LogP contribution in [0.4, 0.5) is 0 Å². The highest BCUT2D eigenvalue weighted by Gasteiger charge is 1.85. The van der Waals surface area contributed by atoms with Crippen molar-refractivity contribution in [3.05, 3.63) is 35.4 Å². The topological polar surface area (TPSA) is 3.24 Å². The largest absolute Gasteiger partial charge is 0.299 e. The van der Waals surface area contributed by atoms with Crippen LogP contribution in [0.15, 0.2) is 24.3 Å². The number of halogens is 1. The molecule has 0 atom stereocenters. The van der Waals surface area contributed by atoms with Gasteiger partial charge in [0.15, 0.2) is 0 Å². The molecule has 76 valence electrons. The monoisotopic (exact) mass is 209 g/mol. The second kappa shape index (κ2) is 6.48. The Hall–Kier alpha value is -0.970. The quantitative estimate of drug-likeness (QED) is 0.642. The summed E-state index contributed by atoms with van der Waals surface area (Å²) in [4.78, 5) is 2.06. The number of benzene rings is 1. The van der Waals surface area contributed by atoms with Gasteiger partial charge < -0.3 is 0 Å². The highest BCUT2D eigenvalue weighted by Crippen LogP contribution is 2.00. The van der Waals surface area contributed by atoms with E-state index in [1.807, 2.05) is 14.1 Å². The van der Waals surface area contributed by atoms with Crippen molar-refractivity contribution in [1.82, 2.24) is 4.90 Å². The van der Waals surface area contributed by atoms with E-state index in [1.54, 1.807) is 0 Å². The molecular weight excluding hydrogens is 194 g/mol. The molecule has 0 amide bonds. The molecule has 0 fully saturated rings. The van der Waals surface area contributed by atoms with Crippen molar-refractivity contribution in [2.24, 2.45) is 0 Å². The lowest BCUT2D eigenvalue weighted by Crippen LogP contribution is -2.10. The summed E-state index contributed by atoms with van der Waals surface area (Å²) in [5.74, 6) is 6.21. The van der Waals surface area contributed by atoms with Crippen molar-refractivity contribution >= 4 is 12.4 Å². The minimum absolute atomic E-state index is 0. The van der Waals surface area contributed by atoms with Crippen LogP contribution in [0, 0.1) is 18.8 Å². The molecule has 0 unspecified atom stereocenters. The number of rotatable bonds is 1. The van der Waals surface area contributed by atoms with Crippen LogP contribution < -0.4 is 0 Å². The first-order chi connectivity index (χ1) is 6.18. The fourth-order valence-electron chi connectivity index (χ4n) is 0.937. The minimum Gasteiger partial charge on any atom is -0.299 e. The van der Waals surface area contributed by atoms with Crippen LogP contribution in [0.2, 0.25) is 0 Å². The molecular formula is C12H16ClN. The lowest BCUT2D eigenvalue weighted by atomic mass is 10.2. The Balaban J connectivity index is 0.00000169. The summed E-state index contributed by atoms with van der Waals surface area (Å²) in [7, 11) is 4.04. The van der Waals surface area contributed by atoms with E-state index in [0.29, 0.717) is 0 Å². The fraction of sp³-hybridized carbons (Fsp3) is 0.333. The zero-order chi connectivity index (χ0) is 9.68. The molecule has 0 N–H and O–H groups in total. The zero-order valence-electron chi connectivity index (χ0n) is 8.87. The molecule has 0 aromatic heterocycles. The van der Waals surface area contributed by atoms with Crippen molar-refractivity contribution in [3.63, 3.8) is 0 Å². The van der Waals surface area contributed by atoms with Gasteiger partial charge in [0, 0.05) is 5.56 Å². The highest BCUT2D eigenvalue weighted by atomic mass is 35.5. The second-order valence-corrected chi connectivity index (χ2v) is 3.41. The fourth-order valence-corrected chi connectivity index (χ4v) is 0.937. The van der Waals surface area contributed by atoms with Crippen molar-refractivity contribution < 1.29 is 0 Å². The van der Waals surface area contributed by atoms with E-state index < -0.39 is 0 Å². The standard InChI is InChI=1S/C12H15N.ClH/c1-11-6-8-12(9-7-11)5-4-10-13(2)3;/h6-9H,10H2,1-3H3;1H. The van der Waals surface area contributed by atoms with Crippen LogP contribution >= 0.6 is 12.4 Å². The van der Waals surface area contributed by atoms with Crippen LogP contribution in [0.25, 0.3) is 0 Å². The summed E-state index contributed by atoms with van der Waals surface area (Å²) in [5, 5.41) is 0. The summed E-state index contributed by atoms with van der Waals surface area (Å²) in [6, 6.07) is 8.27. The van der Waals surface area contributed by atoms with Gasteiger partial charge in [0.1, 0.15) is 0 Å². The van der Waals surface area contributed by atoms with Crippen molar-refractivity contribution in [1.29, 1.82) is 0 Å². The van der Waals surface area contributed by atoms with Gasteiger partial charge >= 0.3 is 0 Å². The Labute approximate surface area is 92.5 Å². The van der Waals surface area contributed by atoms with Gasteiger partial charge in [-0.25, -0.2) is 0 Å². The van der Waals surface area contributed by atoms with E-state index in [4.69, 9.17) is 0 Å². The van der Waals surface area contributed by atoms with E-state index in [1.165, 1.54) is 5.56 Å². The molecule has 2 heteroatoms. The number of hydrogen-bond donors (Lipinski definition) is 0. The molecule has 0 aliphatic heterocycles. The average Bonchev–Trinajstić information content (AvgIpc) is 2.08. The smallest absolute Gasteiger partial charge is 0.0600 e. The Bertz CT molecular complexity index is 316. The normalized spacial score (nSPS) is 8.86. The maximum absolute atomic E-state index is 3.11. The van der Waals surface area contributed by atoms with E-state index >= 15 is 0 Å². The Morgan fingerprint density at radius 1 is 1.14 bits per heavy atom. The van der Waals surface area contributed by atoms with Crippen LogP contribution in [-0.4, -0.2) is 25.5 Å². The van der Waals surface area contributed by atoms with E-state index in [9.17, 15) is 0 Å². The highest BCUT2D eigenvalue weighted by molar-refractivity contribution is 5.85. The molecule has 0 aliphatic rings. The van der Waals surface area contributed by atoms with Crippen molar-refractivity contribution in [3.8, 4) is 11.8 Å². The summed E-state index contributed by atoms with van der Waals surface area (Å²) in [6.45, 7) is 2.89. The first-order valence-corrected chi connectivity index (χ1v) is 4.39. The second-order valence-electron chi connectivity index (χ2n) is 3.41. The Morgan fingerprint density at radius 2 is 1.71 bits per heavy atom. The van der Waals surface area contributed by atoms with Gasteiger partial charge in [-0.3, -0.25) is 4.90 Å². The zero-order valence-corrected chi connectivity index (χ0v) is 9.69.